The van der Waals surface area contributed by atoms with Gasteiger partial charge in [-0.05, 0) is 16.7 Å². The number of carbonyl (C=O) groups is 4. The number of oxime groups is 1. The van der Waals surface area contributed by atoms with Crippen molar-refractivity contribution in [2.45, 2.75) is 22.6 Å². The summed E-state index contributed by atoms with van der Waals surface area (Å²) in [7, 11) is 1.44. The number of hydrogen-bond acceptors (Lipinski definition) is 12. The van der Waals surface area contributed by atoms with Crippen LogP contribution in [0.25, 0.3) is 0 Å². The normalized spacial score (nSPS) is 15.8. The molecule has 0 bridgehead atoms. The fourth-order valence-electron chi connectivity index (χ4n) is 8.88. The van der Waals surface area contributed by atoms with E-state index in [-0.39, 0.29) is 41.6 Å². The first-order valence-electron chi connectivity index (χ1n) is 22.7. The average Bonchev–Trinajstić information content (AvgIpc) is 3.89. The minimum Gasteiger partial charge on any atom is -0.477 e. The molecule has 2 aliphatic heterocycles. The summed E-state index contributed by atoms with van der Waals surface area (Å²) in [6.07, 6.45) is -0.764. The largest absolute Gasteiger partial charge is 0.477 e. The molecule has 7 aromatic rings. The number of rotatable bonds is 18. The predicted molar refractivity (Wildman–Crippen MR) is 273 cm³/mol. The Morgan fingerprint density at radius 3 is 1.66 bits per heavy atom. The van der Waals surface area contributed by atoms with Crippen LogP contribution in [-0.4, -0.2) is 98.6 Å². The number of anilines is 1. The first kappa shape index (κ1) is 48.0. The van der Waals surface area contributed by atoms with Crippen molar-refractivity contribution in [3.8, 4) is 0 Å². The highest BCUT2D eigenvalue weighted by Crippen LogP contribution is 2.44. The summed E-state index contributed by atoms with van der Waals surface area (Å²) in [6.45, 7) is -0.660. The van der Waals surface area contributed by atoms with Crippen LogP contribution in [0.4, 0.5) is 9.93 Å². The Hall–Kier alpha value is -8.05. The van der Waals surface area contributed by atoms with E-state index in [1.54, 1.807) is 5.38 Å². The summed E-state index contributed by atoms with van der Waals surface area (Å²) < 4.78 is 5.34. The number of aliphatic hydroxyl groups excluding tert-OH is 1. The molecule has 16 heteroatoms. The summed E-state index contributed by atoms with van der Waals surface area (Å²) >= 11 is 2.48. The number of β-lactam (4-membered cyclic amide) rings is 1. The molecule has 0 saturated carbocycles. The lowest BCUT2D eigenvalue weighted by molar-refractivity contribution is -0.150. The van der Waals surface area contributed by atoms with Gasteiger partial charge in [-0.25, -0.2) is 14.6 Å². The number of carbonyl (C=O) groups excluding carboxylic acids is 3. The lowest BCUT2D eigenvalue weighted by atomic mass is 9.77. The zero-order valence-electron chi connectivity index (χ0n) is 38.3. The van der Waals surface area contributed by atoms with Crippen LogP contribution in [0.5, 0.6) is 0 Å². The van der Waals surface area contributed by atoms with Crippen LogP contribution in [0.1, 0.15) is 39.1 Å². The van der Waals surface area contributed by atoms with Crippen molar-refractivity contribution in [3.05, 3.63) is 238 Å². The van der Waals surface area contributed by atoms with Crippen LogP contribution in [0, 0.1) is 0 Å². The SMILES string of the molecule is CN(CCO)C(=O)OCC1=C(C(=O)O)N2C(=O)C(NC(=O)C(=NOC(c3ccccc3)(c3ccccc3)c3ccccc3)c3csc(NC(c4ccccc4)(c4ccccc4)c4ccccc4)n3)[C@@H]2SC1. The van der Waals surface area contributed by atoms with Gasteiger partial charge in [0.15, 0.2) is 10.8 Å². The topological polar surface area (TPSA) is 183 Å². The molecule has 4 N–H and O–H groups in total. The highest BCUT2D eigenvalue weighted by Gasteiger charge is 2.55. The van der Waals surface area contributed by atoms with Gasteiger partial charge in [0.2, 0.25) is 5.60 Å². The van der Waals surface area contributed by atoms with Crippen molar-refractivity contribution in [2.24, 2.45) is 5.16 Å². The van der Waals surface area contributed by atoms with E-state index in [2.05, 4.69) is 10.6 Å². The first-order chi connectivity index (χ1) is 34.6. The van der Waals surface area contributed by atoms with Gasteiger partial charge in [-0.15, -0.1) is 23.1 Å². The van der Waals surface area contributed by atoms with Crippen molar-refractivity contribution in [2.75, 3.05) is 37.9 Å². The van der Waals surface area contributed by atoms with E-state index in [9.17, 15) is 24.6 Å². The van der Waals surface area contributed by atoms with Crippen LogP contribution in [0.15, 0.2) is 204 Å². The lowest BCUT2D eigenvalue weighted by Gasteiger charge is -2.49. The highest BCUT2D eigenvalue weighted by atomic mass is 32.2. The summed E-state index contributed by atoms with van der Waals surface area (Å²) in [5, 5.41) is 32.3. The fourth-order valence-corrected chi connectivity index (χ4v) is 11.0. The smallest absolute Gasteiger partial charge is 0.409 e. The van der Waals surface area contributed by atoms with E-state index in [0.29, 0.717) is 5.13 Å². The Morgan fingerprint density at radius 2 is 1.21 bits per heavy atom. The Morgan fingerprint density at radius 1 is 0.746 bits per heavy atom. The number of thioether (sulfide) groups is 1. The van der Waals surface area contributed by atoms with Gasteiger partial charge in [0.1, 0.15) is 35.0 Å². The van der Waals surface area contributed by atoms with Crippen LogP contribution in [0.3, 0.4) is 0 Å². The third kappa shape index (κ3) is 9.52. The van der Waals surface area contributed by atoms with Crippen LogP contribution in [-0.2, 0) is 35.1 Å². The zero-order valence-corrected chi connectivity index (χ0v) is 40.0. The monoisotopic (exact) mass is 984 g/mol. The van der Waals surface area contributed by atoms with E-state index in [1.165, 1.54) is 30.1 Å². The molecule has 6 aromatic carbocycles. The average molecular weight is 985 g/mol. The molecule has 1 aromatic heterocycles. The Balaban J connectivity index is 1.12. The van der Waals surface area contributed by atoms with E-state index in [4.69, 9.17) is 19.7 Å². The van der Waals surface area contributed by atoms with Crippen LogP contribution in [0.2, 0.25) is 0 Å². The van der Waals surface area contributed by atoms with Gasteiger partial charge >= 0.3 is 12.1 Å². The van der Waals surface area contributed by atoms with Gasteiger partial charge in [-0.2, -0.15) is 0 Å². The number of fused-ring (bicyclic) bond motifs is 1. The highest BCUT2D eigenvalue weighted by molar-refractivity contribution is 8.00. The maximum atomic E-state index is 15.1. The van der Waals surface area contributed by atoms with E-state index in [0.717, 1.165) is 43.2 Å². The number of aromatic nitrogens is 1. The third-order valence-electron chi connectivity index (χ3n) is 12.3. The molecule has 2 atom stereocenters. The second kappa shape index (κ2) is 21.3. The number of hydrogen-bond donors (Lipinski definition) is 4. The molecule has 1 saturated heterocycles. The van der Waals surface area contributed by atoms with Crippen molar-refractivity contribution in [3.63, 3.8) is 0 Å². The van der Waals surface area contributed by atoms with E-state index in [1.807, 2.05) is 182 Å². The molecule has 0 aliphatic carbocycles. The number of aliphatic carboxylic acids is 1. The van der Waals surface area contributed by atoms with Gasteiger partial charge < -0.3 is 35.3 Å². The molecular formula is C55H48N6O8S2. The number of nitrogens with zero attached hydrogens (tertiary/aromatic N) is 4. The van der Waals surface area contributed by atoms with Crippen molar-refractivity contribution in [1.29, 1.82) is 0 Å². The quantitative estimate of drug-likeness (QED) is 0.0283. The maximum absolute atomic E-state index is 15.1. The number of likely N-dealkylation sites (N-methyl/N-ethyl adjacent to an activating group) is 1. The second-order valence-electron chi connectivity index (χ2n) is 16.6. The minimum absolute atomic E-state index is 0.0170. The van der Waals surface area contributed by atoms with Gasteiger partial charge in [0.25, 0.3) is 11.8 Å². The molecule has 14 nitrogen and oxygen atoms in total. The molecule has 71 heavy (non-hydrogen) atoms. The molecule has 358 valence electrons. The van der Waals surface area contributed by atoms with Crippen molar-refractivity contribution < 1.29 is 39.0 Å². The number of carboxylic acids is 1. The molecule has 1 unspecified atom stereocenters. The van der Waals surface area contributed by atoms with Crippen molar-refractivity contribution in [1.82, 2.24) is 20.1 Å². The van der Waals surface area contributed by atoms with E-state index < -0.39 is 53.0 Å². The first-order valence-corrected chi connectivity index (χ1v) is 24.6. The molecule has 1 fully saturated rings. The Kier molecular flexibility index (Phi) is 14.4. The molecule has 3 amide bonds. The Bertz CT molecular complexity index is 2860. The molecule has 2 aliphatic rings. The molecule has 0 spiro atoms. The number of ether oxygens (including phenoxy) is 1. The summed E-state index contributed by atoms with van der Waals surface area (Å²) in [4.78, 5) is 68.6. The number of thiazole rings is 1. The molecule has 0 radical (unpaired) electrons. The maximum Gasteiger partial charge on any atom is 0.409 e. The van der Waals surface area contributed by atoms with Gasteiger partial charge in [0.05, 0.1) is 6.61 Å². The van der Waals surface area contributed by atoms with Crippen LogP contribution >= 0.6 is 23.1 Å². The summed E-state index contributed by atoms with van der Waals surface area (Å²) in [5.41, 5.74) is 2.39. The van der Waals surface area contributed by atoms with E-state index >= 15 is 4.79 Å². The second-order valence-corrected chi connectivity index (χ2v) is 18.6. The number of nitrogens with one attached hydrogen (secondary N) is 2. The van der Waals surface area contributed by atoms with Gasteiger partial charge in [0, 0.05) is 47.0 Å². The van der Waals surface area contributed by atoms with Crippen LogP contribution < -0.4 is 10.6 Å². The number of carboxylic acid groups (broad SMARTS) is 1. The summed E-state index contributed by atoms with van der Waals surface area (Å²) in [5.74, 6) is -2.78. The van der Waals surface area contributed by atoms with Gasteiger partial charge in [-0.3, -0.25) is 14.5 Å². The molecule has 3 heterocycles. The fraction of sp³-hybridized carbons (Fsp3) is 0.164. The number of aliphatic hydroxyl groups is 1. The lowest BCUT2D eigenvalue weighted by Crippen LogP contribution is -2.71. The molecular weight excluding hydrogens is 937 g/mol. The van der Waals surface area contributed by atoms with Gasteiger partial charge in [-0.1, -0.05) is 187 Å². The zero-order chi connectivity index (χ0) is 49.4. The third-order valence-corrected chi connectivity index (χ3v) is 14.4. The standard InChI is InChI=1S/C55H48N6O8S2/c1-60(32-33-62)53(67)68-34-37-35-70-50-46(49(64)61(50)47(37)51(65)66)57-48(63)45(59-69-55(41-26-14-5-15-27-41,42-28-16-6-17-29-42)43-30-18-7-19-31-43)44-36-71-52(56-44)58-54(38-20-8-2-9-21-38,39-22-10-3-11-23-39)40-24-12-4-13-25-40/h2-31,36,46,50,62H,32-35H2,1H3,(H,56,58)(H,57,63)(H,65,66)/t46?,50-/m0/s1. The van der Waals surface area contributed by atoms with Crippen molar-refractivity contribution >= 4 is 57.8 Å². The molecule has 9 rings (SSSR count). The number of benzene rings is 6. The predicted octanol–water partition coefficient (Wildman–Crippen LogP) is 8.06. The summed E-state index contributed by atoms with van der Waals surface area (Å²) in [6, 6.07) is 57.5. The number of amides is 3. The Labute approximate surface area is 418 Å². The minimum atomic E-state index is -1.40.